The van der Waals surface area contributed by atoms with Gasteiger partial charge in [-0.1, -0.05) is 30.3 Å². The smallest absolute Gasteiger partial charge is 0.269 e. The second-order valence-electron chi connectivity index (χ2n) is 6.76. The summed E-state index contributed by atoms with van der Waals surface area (Å²) >= 11 is 0. The number of carbonyl (C=O) groups is 2. The molecule has 1 saturated heterocycles. The predicted octanol–water partition coefficient (Wildman–Crippen LogP) is 1.41. The summed E-state index contributed by atoms with van der Waals surface area (Å²) in [6.45, 7) is 6.43. The first-order valence-electron chi connectivity index (χ1n) is 9.50. The quantitative estimate of drug-likeness (QED) is 0.773. The van der Waals surface area contributed by atoms with Gasteiger partial charge in [0.05, 0.1) is 6.04 Å². The minimum absolute atomic E-state index is 0.0174. The van der Waals surface area contributed by atoms with E-state index in [1.54, 1.807) is 16.9 Å². The van der Waals surface area contributed by atoms with E-state index in [0.29, 0.717) is 38.3 Å². The number of likely N-dealkylation sites (tertiary alicyclic amines) is 1. The molecule has 3 rings (SSSR count). The van der Waals surface area contributed by atoms with Crippen molar-refractivity contribution in [3.05, 3.63) is 53.9 Å². The number of likely N-dealkylation sites (N-methyl/N-ethyl adjacent to an activating group) is 1. The Hall–Kier alpha value is -2.67. The van der Waals surface area contributed by atoms with Crippen molar-refractivity contribution in [2.24, 2.45) is 0 Å². The maximum Gasteiger partial charge on any atom is 0.269 e. The molecule has 1 aliphatic rings. The highest BCUT2D eigenvalue weighted by molar-refractivity contribution is 5.92. The number of nitrogens with one attached hydrogen (secondary N) is 2. The van der Waals surface area contributed by atoms with E-state index in [1.807, 2.05) is 32.0 Å². The summed E-state index contributed by atoms with van der Waals surface area (Å²) in [5, 5.41) is 10.1. The Labute approximate surface area is 159 Å². The van der Waals surface area contributed by atoms with Gasteiger partial charge >= 0.3 is 0 Å². The van der Waals surface area contributed by atoms with Crippen molar-refractivity contribution in [2.75, 3.05) is 13.1 Å². The van der Waals surface area contributed by atoms with Gasteiger partial charge in [-0.25, -0.2) is 0 Å². The van der Waals surface area contributed by atoms with Gasteiger partial charge in [0, 0.05) is 38.4 Å². The van der Waals surface area contributed by atoms with Crippen LogP contribution in [0.5, 0.6) is 0 Å². The molecule has 1 aliphatic heterocycles. The minimum Gasteiger partial charge on any atom is -0.355 e. The Bertz CT molecular complexity index is 774. The molecule has 0 saturated carbocycles. The first kappa shape index (κ1) is 19.1. The zero-order valence-corrected chi connectivity index (χ0v) is 15.9. The minimum atomic E-state index is -0.244. The van der Waals surface area contributed by atoms with Gasteiger partial charge in [0.2, 0.25) is 5.91 Å². The summed E-state index contributed by atoms with van der Waals surface area (Å²) < 4.78 is 1.67. The van der Waals surface area contributed by atoms with E-state index in [1.165, 1.54) is 0 Å². The maximum atomic E-state index is 12.6. The van der Waals surface area contributed by atoms with Crippen LogP contribution in [0, 0.1) is 0 Å². The van der Waals surface area contributed by atoms with Crippen molar-refractivity contribution in [2.45, 2.75) is 45.4 Å². The maximum absolute atomic E-state index is 12.6. The van der Waals surface area contributed by atoms with Crippen molar-refractivity contribution in [3.8, 4) is 0 Å². The van der Waals surface area contributed by atoms with Crippen LogP contribution < -0.4 is 10.6 Å². The second kappa shape index (κ2) is 8.81. The van der Waals surface area contributed by atoms with Gasteiger partial charge in [-0.05, 0) is 31.9 Å². The number of rotatable bonds is 7. The number of benzene rings is 1. The molecule has 2 N–H and O–H groups in total. The van der Waals surface area contributed by atoms with Crippen molar-refractivity contribution in [3.63, 3.8) is 0 Å². The largest absolute Gasteiger partial charge is 0.355 e. The molecule has 27 heavy (non-hydrogen) atoms. The van der Waals surface area contributed by atoms with Gasteiger partial charge in [-0.2, -0.15) is 5.10 Å². The molecule has 0 aliphatic carbocycles. The average molecular weight is 369 g/mol. The summed E-state index contributed by atoms with van der Waals surface area (Å²) in [5.74, 6) is -0.126. The third-order valence-corrected chi connectivity index (χ3v) is 4.87. The van der Waals surface area contributed by atoms with E-state index < -0.39 is 0 Å². The molecule has 0 unspecified atom stereocenters. The number of hydrogen-bond donors (Lipinski definition) is 2. The highest BCUT2D eigenvalue weighted by Crippen LogP contribution is 2.21. The second-order valence-corrected chi connectivity index (χ2v) is 6.76. The Morgan fingerprint density at radius 1 is 1.19 bits per heavy atom. The zero-order chi connectivity index (χ0) is 19.2. The van der Waals surface area contributed by atoms with Crippen LogP contribution in [-0.2, 0) is 17.9 Å². The standard InChI is InChI=1S/C20H27N5O2/c1-3-21-19(26)18-12-16(14-24(18)13-15-8-6-5-7-9-15)23-20(27)17-10-11-22-25(17)4-2/h5-11,16,18H,3-4,12-14H2,1-2H3,(H,21,26)(H,23,27)/t16-,18-/m0/s1. The van der Waals surface area contributed by atoms with Crippen molar-refractivity contribution < 1.29 is 9.59 Å². The third kappa shape index (κ3) is 4.54. The van der Waals surface area contributed by atoms with Crippen molar-refractivity contribution in [1.29, 1.82) is 0 Å². The van der Waals surface area contributed by atoms with Crippen LogP contribution >= 0.6 is 0 Å². The van der Waals surface area contributed by atoms with Crippen molar-refractivity contribution >= 4 is 11.8 Å². The zero-order valence-electron chi connectivity index (χ0n) is 15.9. The van der Waals surface area contributed by atoms with E-state index >= 15 is 0 Å². The summed E-state index contributed by atoms with van der Waals surface area (Å²) in [5.41, 5.74) is 1.71. The van der Waals surface area contributed by atoms with Crippen LogP contribution in [-0.4, -0.2) is 51.7 Å². The molecule has 1 fully saturated rings. The van der Waals surface area contributed by atoms with Crippen LogP contribution in [0.3, 0.4) is 0 Å². The lowest BCUT2D eigenvalue weighted by Gasteiger charge is -2.23. The molecule has 2 aromatic rings. The van der Waals surface area contributed by atoms with Crippen molar-refractivity contribution in [1.82, 2.24) is 25.3 Å². The summed E-state index contributed by atoms with van der Waals surface area (Å²) in [6.07, 6.45) is 2.23. The fourth-order valence-corrected chi connectivity index (χ4v) is 3.60. The molecule has 2 atom stereocenters. The molecule has 7 heteroatoms. The van der Waals surface area contributed by atoms with Crippen LogP contribution in [0.1, 0.15) is 36.3 Å². The Morgan fingerprint density at radius 3 is 2.67 bits per heavy atom. The van der Waals surface area contributed by atoms with Gasteiger partial charge in [0.25, 0.3) is 5.91 Å². The van der Waals surface area contributed by atoms with Crippen LogP contribution in [0.2, 0.25) is 0 Å². The molecular formula is C20H27N5O2. The van der Waals surface area contributed by atoms with E-state index in [4.69, 9.17) is 0 Å². The first-order valence-corrected chi connectivity index (χ1v) is 9.50. The molecule has 2 heterocycles. The summed E-state index contributed by atoms with van der Waals surface area (Å²) in [4.78, 5) is 27.3. The van der Waals surface area contributed by atoms with E-state index in [2.05, 4.69) is 32.8 Å². The van der Waals surface area contributed by atoms with E-state index in [-0.39, 0.29) is 23.9 Å². The highest BCUT2D eigenvalue weighted by atomic mass is 16.2. The SMILES string of the molecule is CCNC(=O)[C@@H]1C[C@H](NC(=O)c2ccnn2CC)CN1Cc1ccccc1. The molecule has 7 nitrogen and oxygen atoms in total. The van der Waals surface area contributed by atoms with Gasteiger partial charge in [0.1, 0.15) is 5.69 Å². The number of amides is 2. The number of nitrogens with zero attached hydrogens (tertiary/aromatic N) is 3. The lowest BCUT2D eigenvalue weighted by molar-refractivity contribution is -0.125. The normalized spacial score (nSPS) is 19.8. The van der Waals surface area contributed by atoms with Gasteiger partial charge < -0.3 is 10.6 Å². The Kier molecular flexibility index (Phi) is 6.24. The van der Waals surface area contributed by atoms with Crippen LogP contribution in [0.15, 0.2) is 42.6 Å². The number of carbonyl (C=O) groups excluding carboxylic acids is 2. The van der Waals surface area contributed by atoms with Crippen LogP contribution in [0.4, 0.5) is 0 Å². The highest BCUT2D eigenvalue weighted by Gasteiger charge is 2.37. The van der Waals surface area contributed by atoms with E-state index in [9.17, 15) is 9.59 Å². The molecule has 2 amide bonds. The molecule has 1 aromatic carbocycles. The molecule has 0 radical (unpaired) electrons. The Balaban J connectivity index is 1.70. The first-order chi connectivity index (χ1) is 13.1. The van der Waals surface area contributed by atoms with E-state index in [0.717, 1.165) is 5.56 Å². The van der Waals surface area contributed by atoms with Gasteiger partial charge in [0.15, 0.2) is 0 Å². The molecule has 144 valence electrons. The number of hydrogen-bond acceptors (Lipinski definition) is 4. The number of aromatic nitrogens is 2. The summed E-state index contributed by atoms with van der Waals surface area (Å²) in [7, 11) is 0. The summed E-state index contributed by atoms with van der Waals surface area (Å²) in [6, 6.07) is 11.5. The number of aryl methyl sites for hydroxylation is 1. The predicted molar refractivity (Wildman–Crippen MR) is 103 cm³/mol. The van der Waals surface area contributed by atoms with Crippen LogP contribution in [0.25, 0.3) is 0 Å². The monoisotopic (exact) mass is 369 g/mol. The van der Waals surface area contributed by atoms with Gasteiger partial charge in [-0.15, -0.1) is 0 Å². The fraction of sp³-hybridized carbons (Fsp3) is 0.450. The fourth-order valence-electron chi connectivity index (χ4n) is 3.60. The molecule has 0 spiro atoms. The molecule has 0 bridgehead atoms. The molecular weight excluding hydrogens is 342 g/mol. The molecule has 1 aromatic heterocycles. The topological polar surface area (TPSA) is 79.3 Å². The Morgan fingerprint density at radius 2 is 1.96 bits per heavy atom. The van der Waals surface area contributed by atoms with Gasteiger partial charge in [-0.3, -0.25) is 19.2 Å². The average Bonchev–Trinajstić information content (AvgIpc) is 3.29. The third-order valence-electron chi connectivity index (χ3n) is 4.87. The lowest BCUT2D eigenvalue weighted by atomic mass is 10.1. The lowest BCUT2D eigenvalue weighted by Crippen LogP contribution is -2.42.